The topological polar surface area (TPSA) is 33.1 Å². The largest absolute Gasteiger partial charge is 0.315 e. The van der Waals surface area contributed by atoms with Gasteiger partial charge in [0, 0.05) is 26.2 Å². The predicted molar refractivity (Wildman–Crippen MR) is 74.5 cm³/mol. The molecule has 0 bridgehead atoms. The normalized spacial score (nSPS) is 20.7. The van der Waals surface area contributed by atoms with Gasteiger partial charge >= 0.3 is 0 Å². The molecule has 1 fully saturated rings. The summed E-state index contributed by atoms with van der Waals surface area (Å²) in [7, 11) is 2.04. The van der Waals surface area contributed by atoms with Crippen molar-refractivity contribution in [3.63, 3.8) is 0 Å². The zero-order valence-corrected chi connectivity index (χ0v) is 11.9. The highest BCUT2D eigenvalue weighted by atomic mass is 15.3. The number of hydrogen-bond donors (Lipinski definition) is 1. The van der Waals surface area contributed by atoms with Gasteiger partial charge in [-0.05, 0) is 45.3 Å². The van der Waals surface area contributed by atoms with Crippen LogP contribution in [0.2, 0.25) is 0 Å². The Bertz CT molecular complexity index is 372. The second-order valence-electron chi connectivity index (χ2n) is 5.37. The van der Waals surface area contributed by atoms with Gasteiger partial charge in [-0.2, -0.15) is 5.10 Å². The van der Waals surface area contributed by atoms with E-state index in [-0.39, 0.29) is 0 Å². The SMILES string of the molecule is CCCNCC1CCCN1Cc1cc(C)nn1C. The fourth-order valence-corrected chi connectivity index (χ4v) is 2.80. The highest BCUT2D eigenvalue weighted by molar-refractivity contribution is 5.09. The number of rotatable bonds is 6. The van der Waals surface area contributed by atoms with E-state index in [1.807, 2.05) is 11.7 Å². The van der Waals surface area contributed by atoms with Crippen LogP contribution < -0.4 is 5.32 Å². The molecule has 0 spiro atoms. The number of aryl methyl sites for hydroxylation is 2. The summed E-state index contributed by atoms with van der Waals surface area (Å²) in [5.41, 5.74) is 2.45. The minimum absolute atomic E-state index is 0.701. The second kappa shape index (κ2) is 6.34. The van der Waals surface area contributed by atoms with E-state index in [1.165, 1.54) is 31.5 Å². The minimum atomic E-state index is 0.701. The summed E-state index contributed by atoms with van der Waals surface area (Å²) < 4.78 is 2.02. The van der Waals surface area contributed by atoms with Gasteiger partial charge in [-0.25, -0.2) is 0 Å². The van der Waals surface area contributed by atoms with E-state index in [1.54, 1.807) is 0 Å². The van der Waals surface area contributed by atoms with Crippen LogP contribution in [-0.4, -0.2) is 40.4 Å². The molecule has 1 aromatic rings. The van der Waals surface area contributed by atoms with Crippen LogP contribution in [0.3, 0.4) is 0 Å². The number of nitrogens with zero attached hydrogens (tertiary/aromatic N) is 3. The van der Waals surface area contributed by atoms with E-state index < -0.39 is 0 Å². The number of likely N-dealkylation sites (tertiary alicyclic amines) is 1. The first-order valence-corrected chi connectivity index (χ1v) is 7.15. The number of nitrogens with one attached hydrogen (secondary N) is 1. The molecule has 0 aromatic carbocycles. The zero-order valence-electron chi connectivity index (χ0n) is 11.9. The standard InChI is InChI=1S/C14H26N4/c1-4-7-15-10-13-6-5-8-18(13)11-14-9-12(2)16-17(14)3/h9,13,15H,4-8,10-11H2,1-3H3. The van der Waals surface area contributed by atoms with Crippen LogP contribution in [0.15, 0.2) is 6.07 Å². The molecule has 1 saturated heterocycles. The summed E-state index contributed by atoms with van der Waals surface area (Å²) in [5, 5.41) is 7.98. The van der Waals surface area contributed by atoms with Crippen LogP contribution in [0, 0.1) is 6.92 Å². The molecule has 2 heterocycles. The summed E-state index contributed by atoms with van der Waals surface area (Å²) in [4.78, 5) is 2.60. The first kappa shape index (κ1) is 13.6. The van der Waals surface area contributed by atoms with Crippen molar-refractivity contribution >= 4 is 0 Å². The molecule has 2 rings (SSSR count). The van der Waals surface area contributed by atoms with E-state index in [0.717, 1.165) is 25.3 Å². The van der Waals surface area contributed by atoms with Gasteiger partial charge in [0.25, 0.3) is 0 Å². The molecule has 0 radical (unpaired) electrons. The number of hydrogen-bond acceptors (Lipinski definition) is 3. The fraction of sp³-hybridized carbons (Fsp3) is 0.786. The lowest BCUT2D eigenvalue weighted by molar-refractivity contribution is 0.233. The van der Waals surface area contributed by atoms with Crippen molar-refractivity contribution in [2.75, 3.05) is 19.6 Å². The van der Waals surface area contributed by atoms with Gasteiger partial charge in [-0.1, -0.05) is 6.92 Å². The molecule has 0 aliphatic carbocycles. The fourth-order valence-electron chi connectivity index (χ4n) is 2.80. The Balaban J connectivity index is 1.89. The van der Waals surface area contributed by atoms with Gasteiger partial charge in [0.1, 0.15) is 0 Å². The van der Waals surface area contributed by atoms with Crippen LogP contribution in [0.25, 0.3) is 0 Å². The smallest absolute Gasteiger partial charge is 0.0597 e. The van der Waals surface area contributed by atoms with E-state index in [2.05, 4.69) is 35.2 Å². The van der Waals surface area contributed by atoms with Crippen LogP contribution in [0.5, 0.6) is 0 Å². The summed E-state index contributed by atoms with van der Waals surface area (Å²) in [6.07, 6.45) is 3.87. The maximum absolute atomic E-state index is 4.43. The third-order valence-electron chi connectivity index (χ3n) is 3.77. The van der Waals surface area contributed by atoms with Gasteiger partial charge < -0.3 is 5.32 Å². The monoisotopic (exact) mass is 250 g/mol. The van der Waals surface area contributed by atoms with E-state index in [4.69, 9.17) is 0 Å². The highest BCUT2D eigenvalue weighted by Crippen LogP contribution is 2.19. The summed E-state index contributed by atoms with van der Waals surface area (Å²) in [6, 6.07) is 2.90. The maximum Gasteiger partial charge on any atom is 0.0597 e. The molecule has 1 N–H and O–H groups in total. The first-order valence-electron chi connectivity index (χ1n) is 7.15. The van der Waals surface area contributed by atoms with Gasteiger partial charge in [-0.15, -0.1) is 0 Å². The molecule has 0 saturated carbocycles. The molecule has 4 heteroatoms. The average Bonchev–Trinajstić information content (AvgIpc) is 2.88. The Labute approximate surface area is 110 Å². The predicted octanol–water partition coefficient (Wildman–Crippen LogP) is 1.69. The molecule has 102 valence electrons. The average molecular weight is 250 g/mol. The maximum atomic E-state index is 4.43. The third kappa shape index (κ3) is 3.33. The quantitative estimate of drug-likeness (QED) is 0.780. The van der Waals surface area contributed by atoms with Gasteiger partial charge in [0.2, 0.25) is 0 Å². The van der Waals surface area contributed by atoms with Crippen LogP contribution in [0.1, 0.15) is 37.6 Å². The lowest BCUT2D eigenvalue weighted by Crippen LogP contribution is -2.38. The molecular formula is C14H26N4. The Hall–Kier alpha value is -0.870. The summed E-state index contributed by atoms with van der Waals surface area (Å²) in [6.45, 7) is 8.81. The minimum Gasteiger partial charge on any atom is -0.315 e. The van der Waals surface area contributed by atoms with E-state index in [9.17, 15) is 0 Å². The lowest BCUT2D eigenvalue weighted by Gasteiger charge is -2.24. The Morgan fingerprint density at radius 1 is 1.50 bits per heavy atom. The lowest BCUT2D eigenvalue weighted by atomic mass is 10.2. The Morgan fingerprint density at radius 3 is 3.00 bits per heavy atom. The molecule has 1 atom stereocenters. The number of aromatic nitrogens is 2. The highest BCUT2D eigenvalue weighted by Gasteiger charge is 2.24. The van der Waals surface area contributed by atoms with Crippen LogP contribution in [-0.2, 0) is 13.6 Å². The van der Waals surface area contributed by atoms with Crippen LogP contribution in [0.4, 0.5) is 0 Å². The molecule has 1 aromatic heterocycles. The molecule has 18 heavy (non-hydrogen) atoms. The van der Waals surface area contributed by atoms with Gasteiger partial charge in [0.15, 0.2) is 0 Å². The molecular weight excluding hydrogens is 224 g/mol. The van der Waals surface area contributed by atoms with Gasteiger partial charge in [-0.3, -0.25) is 9.58 Å². The van der Waals surface area contributed by atoms with Crippen molar-refractivity contribution in [3.8, 4) is 0 Å². The first-order chi connectivity index (χ1) is 8.70. The van der Waals surface area contributed by atoms with Crippen LogP contribution >= 0.6 is 0 Å². The zero-order chi connectivity index (χ0) is 13.0. The molecule has 1 aliphatic rings. The summed E-state index contributed by atoms with van der Waals surface area (Å²) >= 11 is 0. The van der Waals surface area contributed by atoms with Crippen molar-refractivity contribution in [1.82, 2.24) is 20.0 Å². The Morgan fingerprint density at radius 2 is 2.33 bits per heavy atom. The van der Waals surface area contributed by atoms with Crippen molar-refractivity contribution in [3.05, 3.63) is 17.5 Å². The molecule has 1 aliphatic heterocycles. The van der Waals surface area contributed by atoms with E-state index in [0.29, 0.717) is 6.04 Å². The van der Waals surface area contributed by atoms with Crippen molar-refractivity contribution < 1.29 is 0 Å². The Kier molecular flexibility index (Phi) is 4.78. The second-order valence-corrected chi connectivity index (χ2v) is 5.37. The van der Waals surface area contributed by atoms with Gasteiger partial charge in [0.05, 0.1) is 11.4 Å². The molecule has 4 nitrogen and oxygen atoms in total. The molecule has 0 amide bonds. The van der Waals surface area contributed by atoms with Crippen molar-refractivity contribution in [1.29, 1.82) is 0 Å². The van der Waals surface area contributed by atoms with E-state index >= 15 is 0 Å². The summed E-state index contributed by atoms with van der Waals surface area (Å²) in [5.74, 6) is 0. The third-order valence-corrected chi connectivity index (χ3v) is 3.77. The molecule has 1 unspecified atom stereocenters. The van der Waals surface area contributed by atoms with Crippen molar-refractivity contribution in [2.24, 2.45) is 7.05 Å². The van der Waals surface area contributed by atoms with Crippen molar-refractivity contribution in [2.45, 2.75) is 45.7 Å².